The minimum Gasteiger partial charge on any atom is -0.376 e. The number of hydrogen-bond donors (Lipinski definition) is 2. The van der Waals surface area contributed by atoms with Crippen molar-refractivity contribution in [1.82, 2.24) is 15.5 Å². The second kappa shape index (κ2) is 9.31. The van der Waals surface area contributed by atoms with Crippen molar-refractivity contribution < 1.29 is 14.3 Å². The van der Waals surface area contributed by atoms with Gasteiger partial charge in [0.05, 0.1) is 22.4 Å². The normalized spacial score (nSPS) is 16.4. The van der Waals surface area contributed by atoms with Crippen molar-refractivity contribution >= 4 is 51.6 Å². The fourth-order valence-electron chi connectivity index (χ4n) is 2.34. The monoisotopic (exact) mass is 412 g/mol. The van der Waals surface area contributed by atoms with Crippen molar-refractivity contribution in [3.8, 4) is 0 Å². The molecule has 1 aliphatic heterocycles. The minimum absolute atomic E-state index is 0.0812. The average Bonchev–Trinajstić information content (AvgIpc) is 3.30. The van der Waals surface area contributed by atoms with Gasteiger partial charge >= 0.3 is 0 Å². The molecule has 0 unspecified atom stereocenters. The number of aromatic nitrogens is 2. The van der Waals surface area contributed by atoms with E-state index in [1.807, 2.05) is 0 Å². The van der Waals surface area contributed by atoms with Crippen molar-refractivity contribution in [2.75, 3.05) is 24.2 Å². The van der Waals surface area contributed by atoms with Crippen LogP contribution in [0.25, 0.3) is 0 Å². The van der Waals surface area contributed by atoms with Gasteiger partial charge in [-0.3, -0.25) is 14.9 Å². The zero-order valence-corrected chi connectivity index (χ0v) is 16.1. The van der Waals surface area contributed by atoms with Gasteiger partial charge in [-0.25, -0.2) is 0 Å². The molecule has 0 spiro atoms. The van der Waals surface area contributed by atoms with Gasteiger partial charge in [0.2, 0.25) is 11.0 Å². The van der Waals surface area contributed by atoms with Gasteiger partial charge in [-0.2, -0.15) is 0 Å². The number of ether oxygens (including phenoxy) is 1. The molecule has 0 aliphatic carbocycles. The van der Waals surface area contributed by atoms with Gasteiger partial charge in [0, 0.05) is 13.2 Å². The third kappa shape index (κ3) is 5.41. The maximum atomic E-state index is 12.2. The number of thioether (sulfide) groups is 1. The van der Waals surface area contributed by atoms with Gasteiger partial charge in [0.25, 0.3) is 5.91 Å². The molecule has 2 N–H and O–H groups in total. The lowest BCUT2D eigenvalue weighted by atomic mass is 10.2. The highest BCUT2D eigenvalue weighted by atomic mass is 35.5. The number of amides is 2. The molecular weight excluding hydrogens is 396 g/mol. The van der Waals surface area contributed by atoms with Crippen LogP contribution in [0.2, 0.25) is 5.02 Å². The molecule has 1 aromatic carbocycles. The Labute approximate surface area is 163 Å². The van der Waals surface area contributed by atoms with Crippen LogP contribution in [-0.4, -0.2) is 47.0 Å². The summed E-state index contributed by atoms with van der Waals surface area (Å²) in [7, 11) is 0. The lowest BCUT2D eigenvalue weighted by molar-refractivity contribution is -0.119. The van der Waals surface area contributed by atoms with Crippen LogP contribution in [0.5, 0.6) is 0 Å². The van der Waals surface area contributed by atoms with Crippen LogP contribution in [0, 0.1) is 0 Å². The first-order valence-electron chi connectivity index (χ1n) is 8.02. The van der Waals surface area contributed by atoms with Crippen molar-refractivity contribution in [3.05, 3.63) is 34.9 Å². The van der Waals surface area contributed by atoms with Crippen LogP contribution in [0.4, 0.5) is 5.13 Å². The Hall–Kier alpha value is -1.68. The molecule has 1 fully saturated rings. The van der Waals surface area contributed by atoms with Crippen molar-refractivity contribution in [1.29, 1.82) is 0 Å². The number of rotatable bonds is 7. The quantitative estimate of drug-likeness (QED) is 0.536. The molecule has 2 amide bonds. The van der Waals surface area contributed by atoms with Crippen molar-refractivity contribution in [2.45, 2.75) is 23.3 Å². The highest BCUT2D eigenvalue weighted by molar-refractivity contribution is 8.01. The molecule has 7 nitrogen and oxygen atoms in total. The molecule has 1 atom stereocenters. The third-order valence-electron chi connectivity index (χ3n) is 3.62. The van der Waals surface area contributed by atoms with Crippen LogP contribution >= 0.6 is 34.7 Å². The number of carbonyl (C=O) groups is 2. The summed E-state index contributed by atoms with van der Waals surface area (Å²) in [5.74, 6) is -0.195. The Kier molecular flexibility index (Phi) is 6.84. The molecule has 0 saturated carbocycles. The summed E-state index contributed by atoms with van der Waals surface area (Å²) in [6.45, 7) is 1.30. The summed E-state index contributed by atoms with van der Waals surface area (Å²) < 4.78 is 6.06. The van der Waals surface area contributed by atoms with Crippen molar-refractivity contribution in [3.63, 3.8) is 0 Å². The second-order valence-corrected chi connectivity index (χ2v) is 8.14. The smallest absolute Gasteiger partial charge is 0.259 e. The molecule has 138 valence electrons. The highest BCUT2D eigenvalue weighted by Gasteiger charge is 2.17. The topological polar surface area (TPSA) is 93.2 Å². The standard InChI is InChI=1S/C16H17ClN4O3S2/c17-12-6-2-1-5-11(12)14(23)19-15-20-21-16(26-15)25-9-13(22)18-8-10-4-3-7-24-10/h1-2,5-6,10H,3-4,7-9H2,(H,18,22)(H,19,20,23)/t10-/m0/s1. The Morgan fingerprint density at radius 1 is 1.35 bits per heavy atom. The number of hydrogen-bond acceptors (Lipinski definition) is 7. The van der Waals surface area contributed by atoms with Gasteiger partial charge in [0.15, 0.2) is 4.34 Å². The molecule has 1 aromatic heterocycles. The zero-order chi connectivity index (χ0) is 18.4. The predicted molar refractivity (Wildman–Crippen MR) is 102 cm³/mol. The third-order valence-corrected chi connectivity index (χ3v) is 5.92. The lowest BCUT2D eigenvalue weighted by Gasteiger charge is -2.09. The molecule has 1 saturated heterocycles. The van der Waals surface area contributed by atoms with Crippen LogP contribution in [0.1, 0.15) is 23.2 Å². The molecular formula is C16H17ClN4O3S2. The SMILES string of the molecule is O=C(CSc1nnc(NC(=O)c2ccccc2Cl)s1)NC[C@@H]1CCCO1. The molecule has 10 heteroatoms. The molecule has 0 bridgehead atoms. The van der Waals surface area contributed by atoms with E-state index in [1.54, 1.807) is 24.3 Å². The van der Waals surface area contributed by atoms with Crippen LogP contribution < -0.4 is 10.6 Å². The van der Waals surface area contributed by atoms with Gasteiger partial charge in [0.1, 0.15) is 0 Å². The zero-order valence-electron chi connectivity index (χ0n) is 13.7. The summed E-state index contributed by atoms with van der Waals surface area (Å²) in [5, 5.41) is 14.1. The van der Waals surface area contributed by atoms with E-state index in [2.05, 4.69) is 20.8 Å². The number of nitrogens with zero attached hydrogens (tertiary/aromatic N) is 2. The minimum atomic E-state index is -0.349. The van der Waals surface area contributed by atoms with E-state index in [9.17, 15) is 9.59 Å². The summed E-state index contributed by atoms with van der Waals surface area (Å²) in [6, 6.07) is 6.76. The van der Waals surface area contributed by atoms with E-state index < -0.39 is 0 Å². The first-order valence-corrected chi connectivity index (χ1v) is 10.2. The van der Waals surface area contributed by atoms with Gasteiger partial charge < -0.3 is 10.1 Å². The van der Waals surface area contributed by atoms with Crippen molar-refractivity contribution in [2.24, 2.45) is 0 Å². The molecule has 2 heterocycles. The molecule has 0 radical (unpaired) electrons. The van der Waals surface area contributed by atoms with Gasteiger partial charge in [-0.05, 0) is 25.0 Å². The maximum absolute atomic E-state index is 12.2. The Bertz CT molecular complexity index is 780. The van der Waals surface area contributed by atoms with E-state index in [0.717, 1.165) is 19.4 Å². The fraction of sp³-hybridized carbons (Fsp3) is 0.375. The van der Waals surface area contributed by atoms with Crippen LogP contribution in [-0.2, 0) is 9.53 Å². The molecule has 26 heavy (non-hydrogen) atoms. The summed E-state index contributed by atoms with van der Waals surface area (Å²) >= 11 is 8.48. The van der Waals surface area contributed by atoms with Gasteiger partial charge in [-0.1, -0.05) is 46.8 Å². The Morgan fingerprint density at radius 3 is 2.96 bits per heavy atom. The number of benzene rings is 1. The highest BCUT2D eigenvalue weighted by Crippen LogP contribution is 2.26. The number of halogens is 1. The largest absolute Gasteiger partial charge is 0.376 e. The Balaban J connectivity index is 1.44. The van der Waals surface area contributed by atoms with Crippen LogP contribution in [0.3, 0.4) is 0 Å². The van der Waals surface area contributed by atoms with E-state index >= 15 is 0 Å². The average molecular weight is 413 g/mol. The molecule has 2 aromatic rings. The summed E-state index contributed by atoms with van der Waals surface area (Å²) in [6.07, 6.45) is 2.15. The van der Waals surface area contributed by atoms with Gasteiger partial charge in [-0.15, -0.1) is 10.2 Å². The van der Waals surface area contributed by atoms with E-state index in [-0.39, 0.29) is 23.7 Å². The number of carbonyl (C=O) groups excluding carboxylic acids is 2. The first-order chi connectivity index (χ1) is 12.6. The van der Waals surface area contributed by atoms with E-state index in [4.69, 9.17) is 16.3 Å². The predicted octanol–water partition coefficient (Wildman–Crippen LogP) is 2.83. The molecule has 3 rings (SSSR count). The van der Waals surface area contributed by atoms with E-state index in [0.29, 0.717) is 26.6 Å². The summed E-state index contributed by atoms with van der Waals surface area (Å²) in [5.41, 5.74) is 0.368. The summed E-state index contributed by atoms with van der Waals surface area (Å²) in [4.78, 5) is 24.0. The number of anilines is 1. The lowest BCUT2D eigenvalue weighted by Crippen LogP contribution is -2.32. The van der Waals surface area contributed by atoms with Crippen LogP contribution in [0.15, 0.2) is 28.6 Å². The Morgan fingerprint density at radius 2 is 2.19 bits per heavy atom. The van der Waals surface area contributed by atoms with E-state index in [1.165, 1.54) is 23.1 Å². The second-order valence-electron chi connectivity index (χ2n) is 5.53. The molecule has 1 aliphatic rings. The maximum Gasteiger partial charge on any atom is 0.259 e. The fourth-order valence-corrected chi connectivity index (χ4v) is 4.14. The number of nitrogens with one attached hydrogen (secondary N) is 2. The first kappa shape index (κ1) is 19.1.